The maximum Gasteiger partial charge on any atom is 0.230 e. The fourth-order valence-corrected chi connectivity index (χ4v) is 3.28. The number of aromatic nitrogens is 2. The summed E-state index contributed by atoms with van der Waals surface area (Å²) in [5.41, 5.74) is 2.71. The van der Waals surface area contributed by atoms with Crippen molar-refractivity contribution in [3.63, 3.8) is 0 Å². The summed E-state index contributed by atoms with van der Waals surface area (Å²) in [6.45, 7) is 3.95. The van der Waals surface area contributed by atoms with E-state index in [4.69, 9.17) is 4.74 Å². The van der Waals surface area contributed by atoms with E-state index in [0.29, 0.717) is 22.5 Å². The average molecular weight is 407 g/mol. The van der Waals surface area contributed by atoms with Gasteiger partial charge in [0.25, 0.3) is 0 Å². The zero-order valence-electron chi connectivity index (χ0n) is 13.4. The van der Waals surface area contributed by atoms with Gasteiger partial charge in [-0.15, -0.1) is 0 Å². The molecule has 0 aliphatic rings. The van der Waals surface area contributed by atoms with Crippen molar-refractivity contribution < 1.29 is 13.2 Å². The van der Waals surface area contributed by atoms with Gasteiger partial charge in [0.15, 0.2) is 9.84 Å². The molecule has 2 aromatic carbocycles. The highest BCUT2D eigenvalue weighted by Gasteiger charge is 2.13. The molecule has 0 unspecified atom stereocenters. The van der Waals surface area contributed by atoms with Crippen LogP contribution in [0.1, 0.15) is 11.1 Å². The smallest absolute Gasteiger partial charge is 0.230 e. The second-order valence-corrected chi connectivity index (χ2v) is 8.41. The van der Waals surface area contributed by atoms with Gasteiger partial charge in [0, 0.05) is 10.7 Å². The van der Waals surface area contributed by atoms with Crippen LogP contribution in [0.4, 0.5) is 0 Å². The Labute approximate surface area is 148 Å². The van der Waals surface area contributed by atoms with Crippen molar-refractivity contribution in [3.8, 4) is 11.6 Å². The number of halogens is 1. The van der Waals surface area contributed by atoms with Gasteiger partial charge in [0.1, 0.15) is 12.1 Å². The largest absolute Gasteiger partial charge is 0.438 e. The number of benzene rings is 2. The molecule has 5 nitrogen and oxygen atoms in total. The molecule has 0 aliphatic carbocycles. The van der Waals surface area contributed by atoms with Crippen LogP contribution in [0.5, 0.6) is 11.6 Å². The maximum absolute atomic E-state index is 11.8. The Balaban J connectivity index is 2.12. The van der Waals surface area contributed by atoms with Gasteiger partial charge in [-0.3, -0.25) is 0 Å². The standard InChI is InChI=1S/C17H15BrN2O3S/c1-10-6-12(7-11(2)16(10)18)23-17-14-8-13(24(3,21)22)4-5-15(14)19-9-20-17/h4-9H,1-3H3. The molecule has 3 rings (SSSR count). The number of fused-ring (bicyclic) bond motifs is 1. The lowest BCUT2D eigenvalue weighted by atomic mass is 10.1. The fraction of sp³-hybridized carbons (Fsp3) is 0.176. The van der Waals surface area contributed by atoms with Gasteiger partial charge >= 0.3 is 0 Å². The highest BCUT2D eigenvalue weighted by Crippen LogP contribution is 2.32. The highest BCUT2D eigenvalue weighted by molar-refractivity contribution is 9.10. The van der Waals surface area contributed by atoms with E-state index in [9.17, 15) is 8.42 Å². The summed E-state index contributed by atoms with van der Waals surface area (Å²) in [4.78, 5) is 8.54. The number of sulfone groups is 1. The van der Waals surface area contributed by atoms with Crippen molar-refractivity contribution in [1.82, 2.24) is 9.97 Å². The van der Waals surface area contributed by atoms with Crippen LogP contribution in [0.25, 0.3) is 10.9 Å². The van der Waals surface area contributed by atoms with Crippen LogP contribution in [0.15, 0.2) is 46.0 Å². The second kappa shape index (κ2) is 6.14. The Morgan fingerprint density at radius 1 is 1.04 bits per heavy atom. The molecule has 0 bridgehead atoms. The third-order valence-corrected chi connectivity index (χ3v) is 5.98. The molecule has 1 aromatic heterocycles. The van der Waals surface area contributed by atoms with Gasteiger partial charge < -0.3 is 4.74 Å². The fourth-order valence-electron chi connectivity index (χ4n) is 2.40. The van der Waals surface area contributed by atoms with Gasteiger partial charge in [-0.25, -0.2) is 18.4 Å². The minimum Gasteiger partial charge on any atom is -0.438 e. The normalized spacial score (nSPS) is 11.7. The molecule has 0 radical (unpaired) electrons. The molecular formula is C17H15BrN2O3S. The number of rotatable bonds is 3. The van der Waals surface area contributed by atoms with E-state index in [2.05, 4.69) is 25.9 Å². The lowest BCUT2D eigenvalue weighted by molar-refractivity contribution is 0.467. The summed E-state index contributed by atoms with van der Waals surface area (Å²) in [7, 11) is -3.32. The molecule has 24 heavy (non-hydrogen) atoms. The zero-order valence-corrected chi connectivity index (χ0v) is 15.8. The summed E-state index contributed by atoms with van der Waals surface area (Å²) in [6.07, 6.45) is 2.57. The van der Waals surface area contributed by atoms with Crippen molar-refractivity contribution in [2.45, 2.75) is 18.7 Å². The Hall–Kier alpha value is -1.99. The summed E-state index contributed by atoms with van der Waals surface area (Å²) in [5.74, 6) is 0.963. The highest BCUT2D eigenvalue weighted by atomic mass is 79.9. The SMILES string of the molecule is Cc1cc(Oc2ncnc3ccc(S(C)(=O)=O)cc23)cc(C)c1Br. The summed E-state index contributed by atoms with van der Waals surface area (Å²) in [5, 5.41) is 0.554. The first kappa shape index (κ1) is 16.9. The Morgan fingerprint density at radius 2 is 1.71 bits per heavy atom. The van der Waals surface area contributed by atoms with Crippen LogP contribution in [-0.4, -0.2) is 24.6 Å². The van der Waals surface area contributed by atoms with E-state index in [1.165, 1.54) is 18.6 Å². The maximum atomic E-state index is 11.8. The van der Waals surface area contributed by atoms with Crippen molar-refractivity contribution in [2.24, 2.45) is 0 Å². The molecule has 0 saturated carbocycles. The van der Waals surface area contributed by atoms with Crippen molar-refractivity contribution >= 4 is 36.7 Å². The molecule has 0 amide bonds. The van der Waals surface area contributed by atoms with Crippen LogP contribution < -0.4 is 4.74 Å². The Morgan fingerprint density at radius 3 is 2.33 bits per heavy atom. The van der Waals surface area contributed by atoms with Crippen molar-refractivity contribution in [2.75, 3.05) is 6.26 Å². The molecule has 7 heteroatoms. The first-order chi connectivity index (χ1) is 11.3. The second-order valence-electron chi connectivity index (χ2n) is 5.60. The molecule has 0 saturated heterocycles. The number of nitrogens with zero attached hydrogens (tertiary/aromatic N) is 2. The molecule has 0 aliphatic heterocycles. The van der Waals surface area contributed by atoms with Gasteiger partial charge in [-0.05, 0) is 55.3 Å². The minimum absolute atomic E-state index is 0.206. The molecule has 0 atom stereocenters. The topological polar surface area (TPSA) is 69.2 Å². The monoisotopic (exact) mass is 406 g/mol. The molecule has 1 heterocycles. The van der Waals surface area contributed by atoms with E-state index in [1.807, 2.05) is 26.0 Å². The molecule has 0 spiro atoms. The number of hydrogen-bond donors (Lipinski definition) is 0. The third kappa shape index (κ3) is 3.27. The summed E-state index contributed by atoms with van der Waals surface area (Å²) < 4.78 is 30.5. The number of ether oxygens (including phenoxy) is 1. The van der Waals surface area contributed by atoms with Gasteiger partial charge in [-0.2, -0.15) is 0 Å². The predicted molar refractivity (Wildman–Crippen MR) is 96.3 cm³/mol. The number of aryl methyl sites for hydroxylation is 2. The van der Waals surface area contributed by atoms with Crippen LogP contribution >= 0.6 is 15.9 Å². The van der Waals surface area contributed by atoms with Crippen LogP contribution in [0.3, 0.4) is 0 Å². The van der Waals surface area contributed by atoms with Crippen molar-refractivity contribution in [3.05, 3.63) is 52.3 Å². The first-order valence-electron chi connectivity index (χ1n) is 7.15. The quantitative estimate of drug-likeness (QED) is 0.651. The zero-order chi connectivity index (χ0) is 17.5. The lowest BCUT2D eigenvalue weighted by Crippen LogP contribution is -1.98. The Bertz CT molecular complexity index is 1030. The van der Waals surface area contributed by atoms with E-state index in [1.54, 1.807) is 12.1 Å². The molecule has 124 valence electrons. The van der Waals surface area contributed by atoms with E-state index >= 15 is 0 Å². The van der Waals surface area contributed by atoms with Crippen LogP contribution in [-0.2, 0) is 9.84 Å². The van der Waals surface area contributed by atoms with Gasteiger partial charge in [-0.1, -0.05) is 15.9 Å². The molecular weight excluding hydrogens is 392 g/mol. The van der Waals surface area contributed by atoms with Crippen LogP contribution in [0, 0.1) is 13.8 Å². The molecule has 3 aromatic rings. The minimum atomic E-state index is -3.32. The van der Waals surface area contributed by atoms with E-state index in [0.717, 1.165) is 15.6 Å². The van der Waals surface area contributed by atoms with E-state index < -0.39 is 9.84 Å². The summed E-state index contributed by atoms with van der Waals surface area (Å²) in [6, 6.07) is 8.51. The summed E-state index contributed by atoms with van der Waals surface area (Å²) >= 11 is 3.52. The van der Waals surface area contributed by atoms with Crippen LogP contribution in [0.2, 0.25) is 0 Å². The van der Waals surface area contributed by atoms with E-state index in [-0.39, 0.29) is 4.90 Å². The third-order valence-electron chi connectivity index (χ3n) is 3.62. The van der Waals surface area contributed by atoms with Gasteiger partial charge in [0.05, 0.1) is 15.8 Å². The molecule has 0 N–H and O–H groups in total. The predicted octanol–water partition coefficient (Wildman–Crippen LogP) is 4.20. The van der Waals surface area contributed by atoms with Gasteiger partial charge in [0.2, 0.25) is 5.88 Å². The first-order valence-corrected chi connectivity index (χ1v) is 9.83. The number of hydrogen-bond acceptors (Lipinski definition) is 5. The lowest BCUT2D eigenvalue weighted by Gasteiger charge is -2.11. The van der Waals surface area contributed by atoms with Crippen molar-refractivity contribution in [1.29, 1.82) is 0 Å². The average Bonchev–Trinajstić information content (AvgIpc) is 2.51. The Kier molecular flexibility index (Phi) is 4.31. The molecule has 0 fully saturated rings.